The SMILES string of the molecule is CC(C)[C@@H]1NC(=O)[C@H](CCCCN)NC(=O)[C@H](Cc2c[nH]c3ccccc23)NC(=O)[C@H](Cc2ccc(O)cc2)NC(=O)[C@@H](NC(=O)[C@H](N)Cc2ccccc2)CSSC[C@@H](C(=O)N[C@@H](Cc2c[nH]c3ccccc23)C(N)=O)NC1=O. The van der Waals surface area contributed by atoms with Crippen LogP contribution in [0.25, 0.3) is 21.8 Å². The van der Waals surface area contributed by atoms with Gasteiger partial charge in [0.2, 0.25) is 47.3 Å². The molecule has 0 unspecified atom stereocenters. The highest BCUT2D eigenvalue weighted by atomic mass is 33.1. The second-order valence-electron chi connectivity index (χ2n) is 20.1. The number of phenols is 1. The summed E-state index contributed by atoms with van der Waals surface area (Å²) in [5, 5.41) is 31.3. The van der Waals surface area contributed by atoms with Crippen LogP contribution in [0.3, 0.4) is 0 Å². The summed E-state index contributed by atoms with van der Waals surface area (Å²) in [4.78, 5) is 121. The molecule has 1 aliphatic heterocycles. The Morgan fingerprint density at radius 1 is 0.637 bits per heavy atom. The lowest BCUT2D eigenvalue weighted by molar-refractivity contribution is -0.136. The van der Waals surface area contributed by atoms with Gasteiger partial charge in [-0.1, -0.05) is 114 Å². The summed E-state index contributed by atoms with van der Waals surface area (Å²) in [6.45, 7) is 3.68. The molecule has 0 spiro atoms. The van der Waals surface area contributed by atoms with Gasteiger partial charge in [-0.05, 0) is 84.7 Å². The topological polar surface area (TPSA) is 351 Å². The summed E-state index contributed by atoms with van der Waals surface area (Å²) in [6.07, 6.45) is 4.31. The van der Waals surface area contributed by atoms with Crippen LogP contribution >= 0.6 is 21.6 Å². The molecule has 0 saturated carbocycles. The predicted octanol–water partition coefficient (Wildman–Crippen LogP) is 2.01. The third-order valence-corrected chi connectivity index (χ3v) is 16.2. The molecule has 424 valence electrons. The number of hydrogen-bond donors (Lipinski definition) is 13. The zero-order valence-electron chi connectivity index (χ0n) is 44.5. The second-order valence-corrected chi connectivity index (χ2v) is 22.7. The number of aromatic nitrogens is 2. The maximum absolute atomic E-state index is 14.9. The molecule has 80 heavy (non-hydrogen) atoms. The highest BCUT2D eigenvalue weighted by Gasteiger charge is 2.36. The summed E-state index contributed by atoms with van der Waals surface area (Å²) in [6, 6.07) is 19.5. The quantitative estimate of drug-likeness (QED) is 0.0433. The Hall–Kier alpha value is -7.86. The zero-order valence-corrected chi connectivity index (χ0v) is 46.1. The van der Waals surface area contributed by atoms with Crippen LogP contribution in [0.2, 0.25) is 0 Å². The van der Waals surface area contributed by atoms with Crippen LogP contribution in [0.1, 0.15) is 55.4 Å². The fraction of sp³-hybridized carbons (Fsp3) is 0.368. The minimum atomic E-state index is -1.40. The fourth-order valence-electron chi connectivity index (χ4n) is 9.29. The molecular weight excluding hydrogens is 1060 g/mol. The average Bonchev–Trinajstić information content (AvgIpc) is 4.06. The van der Waals surface area contributed by atoms with E-state index in [4.69, 9.17) is 17.2 Å². The number of nitrogens with two attached hydrogens (primary N) is 3. The van der Waals surface area contributed by atoms with Crippen LogP contribution in [0, 0.1) is 5.92 Å². The van der Waals surface area contributed by atoms with E-state index in [2.05, 4.69) is 47.2 Å². The van der Waals surface area contributed by atoms with E-state index >= 15 is 0 Å². The molecule has 2 aromatic heterocycles. The molecule has 4 aromatic carbocycles. The van der Waals surface area contributed by atoms with Gasteiger partial charge in [0, 0.05) is 65.0 Å². The van der Waals surface area contributed by atoms with Gasteiger partial charge in [-0.15, -0.1) is 0 Å². The Kier molecular flexibility index (Phi) is 21.6. The molecule has 21 nitrogen and oxygen atoms in total. The Balaban J connectivity index is 1.25. The number of rotatable bonds is 18. The van der Waals surface area contributed by atoms with Gasteiger partial charge in [-0.25, -0.2) is 0 Å². The number of amides is 8. The van der Waals surface area contributed by atoms with Crippen LogP contribution in [-0.4, -0.2) is 129 Å². The van der Waals surface area contributed by atoms with Crippen molar-refractivity contribution in [3.05, 3.63) is 138 Å². The molecule has 3 heterocycles. The van der Waals surface area contributed by atoms with Gasteiger partial charge in [-0.3, -0.25) is 38.4 Å². The third-order valence-electron chi connectivity index (χ3n) is 13.8. The van der Waals surface area contributed by atoms with Gasteiger partial charge in [0.1, 0.15) is 48.0 Å². The Morgan fingerprint density at radius 3 is 1.86 bits per heavy atom. The molecular formula is C57H70N12O9S2. The number of H-pyrrole nitrogens is 2. The summed E-state index contributed by atoms with van der Waals surface area (Å²) in [5.41, 5.74) is 22.4. The molecule has 1 aliphatic rings. The van der Waals surface area contributed by atoms with Crippen molar-refractivity contribution in [3.63, 3.8) is 0 Å². The molecule has 1 fully saturated rings. The summed E-state index contributed by atoms with van der Waals surface area (Å²) in [7, 11) is 2.13. The highest BCUT2D eigenvalue weighted by Crippen LogP contribution is 2.25. The van der Waals surface area contributed by atoms with Crippen molar-refractivity contribution in [1.82, 2.24) is 47.2 Å². The summed E-state index contributed by atoms with van der Waals surface area (Å²) >= 11 is 0. The number of phenolic OH excluding ortho intramolecular Hbond substituents is 1. The van der Waals surface area contributed by atoms with Gasteiger partial charge >= 0.3 is 0 Å². The van der Waals surface area contributed by atoms with Gasteiger partial charge in [0.05, 0.1) is 6.04 Å². The minimum absolute atomic E-state index is 0.00683. The number of unbranched alkanes of at least 4 members (excludes halogenated alkanes) is 1. The van der Waals surface area contributed by atoms with E-state index in [1.54, 1.807) is 50.5 Å². The lowest BCUT2D eigenvalue weighted by Crippen LogP contribution is -2.61. The van der Waals surface area contributed by atoms with Crippen LogP contribution in [0.15, 0.2) is 116 Å². The Morgan fingerprint density at radius 2 is 1.21 bits per heavy atom. The molecule has 0 aliphatic carbocycles. The van der Waals surface area contributed by atoms with E-state index in [1.165, 1.54) is 12.1 Å². The van der Waals surface area contributed by atoms with Crippen molar-refractivity contribution in [1.29, 1.82) is 0 Å². The third kappa shape index (κ3) is 16.6. The molecule has 1 saturated heterocycles. The number of aromatic hydroxyl groups is 1. The van der Waals surface area contributed by atoms with Crippen molar-refractivity contribution in [2.75, 3.05) is 18.1 Å². The van der Waals surface area contributed by atoms with E-state index in [9.17, 15) is 43.5 Å². The molecule has 8 atom stereocenters. The van der Waals surface area contributed by atoms with Crippen LogP contribution in [0.4, 0.5) is 0 Å². The number of hydrogen-bond acceptors (Lipinski definition) is 13. The second kappa shape index (κ2) is 28.9. The van der Waals surface area contributed by atoms with E-state index in [-0.39, 0.29) is 55.9 Å². The first-order chi connectivity index (χ1) is 38.5. The first kappa shape index (κ1) is 59.8. The zero-order chi connectivity index (χ0) is 57.3. The maximum atomic E-state index is 14.9. The number of nitrogens with one attached hydrogen (secondary N) is 9. The lowest BCUT2D eigenvalue weighted by atomic mass is 10.00. The van der Waals surface area contributed by atoms with Crippen molar-refractivity contribution >= 4 is 90.7 Å². The van der Waals surface area contributed by atoms with Crippen molar-refractivity contribution in [2.45, 2.75) is 107 Å². The van der Waals surface area contributed by atoms with Gasteiger partial charge in [-0.2, -0.15) is 0 Å². The van der Waals surface area contributed by atoms with E-state index in [0.717, 1.165) is 49.0 Å². The number of carbonyl (C=O) groups is 8. The Bertz CT molecular complexity index is 3120. The van der Waals surface area contributed by atoms with Crippen molar-refractivity contribution < 1.29 is 43.5 Å². The van der Waals surface area contributed by atoms with Crippen LogP contribution in [0.5, 0.6) is 5.75 Å². The van der Waals surface area contributed by atoms with Crippen molar-refractivity contribution in [2.24, 2.45) is 23.1 Å². The first-order valence-electron chi connectivity index (χ1n) is 26.5. The van der Waals surface area contributed by atoms with E-state index in [1.807, 2.05) is 66.7 Å². The predicted molar refractivity (Wildman–Crippen MR) is 309 cm³/mol. The average molecular weight is 1130 g/mol. The molecule has 0 bridgehead atoms. The molecule has 0 radical (unpaired) electrons. The lowest BCUT2D eigenvalue weighted by Gasteiger charge is -2.29. The van der Waals surface area contributed by atoms with E-state index in [0.29, 0.717) is 29.5 Å². The number of benzene rings is 4. The number of primary amides is 1. The number of aromatic amines is 2. The Labute approximate surface area is 471 Å². The van der Waals surface area contributed by atoms with Gasteiger partial charge in [0.25, 0.3) is 0 Å². The first-order valence-corrected chi connectivity index (χ1v) is 29.0. The number of fused-ring (bicyclic) bond motifs is 2. The van der Waals surface area contributed by atoms with Crippen LogP contribution in [-0.2, 0) is 64.0 Å². The molecule has 23 heteroatoms. The smallest absolute Gasteiger partial charge is 0.244 e. The largest absolute Gasteiger partial charge is 0.508 e. The number of carbonyl (C=O) groups excluding carboxylic acids is 8. The van der Waals surface area contributed by atoms with Crippen LogP contribution < -0.4 is 54.4 Å². The monoisotopic (exact) mass is 1130 g/mol. The fourth-order valence-corrected chi connectivity index (χ4v) is 11.6. The van der Waals surface area contributed by atoms with Gasteiger partial charge in [0.15, 0.2) is 0 Å². The minimum Gasteiger partial charge on any atom is -0.508 e. The molecule has 8 amide bonds. The standard InChI is InChI=1S/C57H70N12O9S2/c1-32(2)49-57(78)68-48(55(76)64-44(50(60)71)26-35-28-61-41-16-8-6-14-38(35)41)31-80-79-30-47(67-51(72)40(59)24-33-12-4-3-5-13-33)56(77)65-45(25-34-19-21-37(70)22-20-34)53(74)66-46(27-36-29-62-42-17-9-7-15-39(36)42)54(75)63-43(52(73)69-49)18-10-11-23-58/h3-9,12-17,19-22,28-29,32,40,43-49,61-62,70H,10-11,18,23-27,30-31,58-59H2,1-2H3,(H2,60,71)(H,63,75)(H,64,76)(H,65,77)(H,66,74)(H,67,72)(H,68,78)(H,69,73)/t40-,43+,44+,45+,46+,47+,48+,49+/m1/s1. The van der Waals surface area contributed by atoms with Gasteiger partial charge < -0.3 is 69.5 Å². The number of para-hydroxylation sites is 2. The summed E-state index contributed by atoms with van der Waals surface area (Å²) in [5.74, 6) is -7.07. The molecule has 16 N–H and O–H groups in total. The van der Waals surface area contributed by atoms with Crippen molar-refractivity contribution in [3.8, 4) is 5.75 Å². The molecule has 7 rings (SSSR count). The maximum Gasteiger partial charge on any atom is 0.244 e. The normalized spacial score (nSPS) is 20.8. The molecule has 6 aromatic rings. The summed E-state index contributed by atoms with van der Waals surface area (Å²) < 4.78 is 0. The highest BCUT2D eigenvalue weighted by molar-refractivity contribution is 8.76. The van der Waals surface area contributed by atoms with E-state index < -0.39 is 102 Å².